The molecule has 0 aliphatic rings. The molecule has 1 aromatic heterocycles. The second kappa shape index (κ2) is 6.00. The lowest BCUT2D eigenvalue weighted by Crippen LogP contribution is -2.21. The Morgan fingerprint density at radius 1 is 1.22 bits per heavy atom. The molecular weight excluding hydrogens is 306 g/mol. The zero-order valence-electron chi connectivity index (χ0n) is 11.0. The molecule has 18 heavy (non-hydrogen) atoms. The number of rotatable bonds is 4. The van der Waals surface area contributed by atoms with Gasteiger partial charge >= 0.3 is 0 Å². The summed E-state index contributed by atoms with van der Waals surface area (Å²) in [5.74, 6) is 0. The Labute approximate surface area is 121 Å². The first-order valence-corrected chi connectivity index (χ1v) is 7.76. The molecule has 0 unspecified atom stereocenters. The van der Waals surface area contributed by atoms with E-state index < -0.39 is 0 Å². The van der Waals surface area contributed by atoms with Crippen molar-refractivity contribution in [1.29, 1.82) is 0 Å². The lowest BCUT2D eigenvalue weighted by atomic mass is 10.1. The van der Waals surface area contributed by atoms with E-state index in [9.17, 15) is 0 Å². The summed E-state index contributed by atoms with van der Waals surface area (Å²) in [5.41, 5.74) is 2.65. The van der Waals surface area contributed by atoms with Gasteiger partial charge in [-0.3, -0.25) is 0 Å². The molecule has 3 heteroatoms. The topological polar surface area (TPSA) is 12.0 Å². The van der Waals surface area contributed by atoms with Crippen LogP contribution < -0.4 is 5.32 Å². The maximum absolute atomic E-state index is 3.51. The van der Waals surface area contributed by atoms with Crippen molar-refractivity contribution in [2.45, 2.75) is 33.4 Å². The first-order chi connectivity index (χ1) is 8.56. The Bertz CT molecular complexity index is 531. The smallest absolute Gasteiger partial charge is 0.0348 e. The van der Waals surface area contributed by atoms with E-state index >= 15 is 0 Å². The fourth-order valence-corrected chi connectivity index (χ4v) is 3.35. The highest BCUT2D eigenvalue weighted by Gasteiger charge is 2.06. The second-order valence-electron chi connectivity index (χ2n) is 4.76. The molecular formula is C15H18BrNS. The minimum Gasteiger partial charge on any atom is -0.310 e. The number of aryl methyl sites for hydroxylation is 1. The van der Waals surface area contributed by atoms with Crippen LogP contribution in [-0.4, -0.2) is 6.04 Å². The Balaban J connectivity index is 2.18. The monoisotopic (exact) mass is 323 g/mol. The third-order valence-corrected chi connectivity index (χ3v) is 4.41. The number of hydrogen-bond donors (Lipinski definition) is 1. The summed E-state index contributed by atoms with van der Waals surface area (Å²) >= 11 is 5.38. The van der Waals surface area contributed by atoms with Gasteiger partial charge in [0.1, 0.15) is 0 Å². The normalized spacial score (nSPS) is 11.2. The van der Waals surface area contributed by atoms with Gasteiger partial charge in [-0.25, -0.2) is 0 Å². The largest absolute Gasteiger partial charge is 0.310 e. The predicted molar refractivity (Wildman–Crippen MR) is 84.2 cm³/mol. The molecule has 2 aromatic rings. The number of halogens is 1. The number of hydrogen-bond acceptors (Lipinski definition) is 2. The molecule has 0 bridgehead atoms. The van der Waals surface area contributed by atoms with E-state index in [1.165, 1.54) is 20.9 Å². The molecule has 1 aromatic carbocycles. The van der Waals surface area contributed by atoms with E-state index in [-0.39, 0.29) is 0 Å². The molecule has 0 radical (unpaired) electrons. The van der Waals surface area contributed by atoms with Crippen LogP contribution in [0.3, 0.4) is 0 Å². The molecule has 0 saturated carbocycles. The molecule has 1 nitrogen and oxygen atoms in total. The van der Waals surface area contributed by atoms with Crippen molar-refractivity contribution < 1.29 is 0 Å². The highest BCUT2D eigenvalue weighted by Crippen LogP contribution is 2.31. The lowest BCUT2D eigenvalue weighted by molar-refractivity contribution is 0.593. The molecule has 2 rings (SSSR count). The minimum atomic E-state index is 0.532. The van der Waals surface area contributed by atoms with Gasteiger partial charge < -0.3 is 5.32 Å². The standard InChI is InChI=1S/C15H18BrNS/c1-10(2)17-9-13-5-7-15(18-13)14-6-4-12(16)8-11(14)3/h4-8,10,17H,9H2,1-3H3. The van der Waals surface area contributed by atoms with Crippen molar-refractivity contribution in [3.63, 3.8) is 0 Å². The Morgan fingerprint density at radius 3 is 2.67 bits per heavy atom. The van der Waals surface area contributed by atoms with Crippen molar-refractivity contribution in [2.24, 2.45) is 0 Å². The Kier molecular flexibility index (Phi) is 4.60. The van der Waals surface area contributed by atoms with Crippen LogP contribution in [-0.2, 0) is 6.54 Å². The van der Waals surface area contributed by atoms with Gasteiger partial charge in [0, 0.05) is 26.8 Å². The highest BCUT2D eigenvalue weighted by molar-refractivity contribution is 9.10. The molecule has 0 amide bonds. The van der Waals surface area contributed by atoms with E-state index in [0.717, 1.165) is 11.0 Å². The molecule has 0 saturated heterocycles. The fraction of sp³-hybridized carbons (Fsp3) is 0.333. The van der Waals surface area contributed by atoms with Gasteiger partial charge in [0.2, 0.25) is 0 Å². The van der Waals surface area contributed by atoms with E-state index in [1.807, 2.05) is 11.3 Å². The average molecular weight is 324 g/mol. The third kappa shape index (κ3) is 3.44. The number of thiophene rings is 1. The number of nitrogens with one attached hydrogen (secondary N) is 1. The molecule has 0 atom stereocenters. The minimum absolute atomic E-state index is 0.532. The van der Waals surface area contributed by atoms with Crippen LogP contribution in [0.15, 0.2) is 34.8 Å². The van der Waals surface area contributed by atoms with Gasteiger partial charge in [0.05, 0.1) is 0 Å². The van der Waals surface area contributed by atoms with Crippen LogP contribution in [0, 0.1) is 6.92 Å². The van der Waals surface area contributed by atoms with Crippen molar-refractivity contribution in [3.8, 4) is 10.4 Å². The van der Waals surface area contributed by atoms with E-state index in [0.29, 0.717) is 6.04 Å². The Morgan fingerprint density at radius 2 is 2.00 bits per heavy atom. The van der Waals surface area contributed by atoms with Crippen LogP contribution in [0.5, 0.6) is 0 Å². The first-order valence-electron chi connectivity index (χ1n) is 6.15. The van der Waals surface area contributed by atoms with Crippen molar-refractivity contribution in [1.82, 2.24) is 5.32 Å². The third-order valence-electron chi connectivity index (χ3n) is 2.80. The van der Waals surface area contributed by atoms with Crippen molar-refractivity contribution in [2.75, 3.05) is 0 Å². The van der Waals surface area contributed by atoms with Crippen LogP contribution >= 0.6 is 27.3 Å². The summed E-state index contributed by atoms with van der Waals surface area (Å²) in [6, 6.07) is 11.4. The summed E-state index contributed by atoms with van der Waals surface area (Å²) in [5, 5.41) is 3.45. The second-order valence-corrected chi connectivity index (χ2v) is 6.84. The van der Waals surface area contributed by atoms with E-state index in [2.05, 4.69) is 72.3 Å². The fourth-order valence-electron chi connectivity index (χ4n) is 1.83. The maximum atomic E-state index is 3.51. The SMILES string of the molecule is Cc1cc(Br)ccc1-c1ccc(CNC(C)C)s1. The van der Waals surface area contributed by atoms with Gasteiger partial charge in [-0.15, -0.1) is 11.3 Å². The first kappa shape index (κ1) is 13.8. The maximum Gasteiger partial charge on any atom is 0.0348 e. The van der Waals surface area contributed by atoms with Gasteiger partial charge in [-0.05, 0) is 42.3 Å². The summed E-state index contributed by atoms with van der Waals surface area (Å²) < 4.78 is 1.14. The zero-order valence-corrected chi connectivity index (χ0v) is 13.4. The van der Waals surface area contributed by atoms with E-state index in [4.69, 9.17) is 0 Å². The highest BCUT2D eigenvalue weighted by atomic mass is 79.9. The van der Waals surface area contributed by atoms with Crippen LogP contribution in [0.1, 0.15) is 24.3 Å². The summed E-state index contributed by atoms with van der Waals surface area (Å²) in [6.07, 6.45) is 0. The van der Waals surface area contributed by atoms with Crippen LogP contribution in [0.2, 0.25) is 0 Å². The molecule has 0 aliphatic heterocycles. The van der Waals surface area contributed by atoms with Crippen molar-refractivity contribution >= 4 is 27.3 Å². The quantitative estimate of drug-likeness (QED) is 0.836. The number of benzene rings is 1. The lowest BCUT2D eigenvalue weighted by Gasteiger charge is -2.06. The molecule has 0 spiro atoms. The average Bonchev–Trinajstić information content (AvgIpc) is 2.75. The molecule has 0 aliphatic carbocycles. The van der Waals surface area contributed by atoms with Gasteiger partial charge in [-0.2, -0.15) is 0 Å². The van der Waals surface area contributed by atoms with Gasteiger partial charge in [-0.1, -0.05) is 35.8 Å². The molecule has 0 fully saturated rings. The summed E-state index contributed by atoms with van der Waals surface area (Å²) in [7, 11) is 0. The van der Waals surface area contributed by atoms with Crippen LogP contribution in [0.25, 0.3) is 10.4 Å². The summed E-state index contributed by atoms with van der Waals surface area (Å²) in [6.45, 7) is 7.46. The molecule has 1 heterocycles. The van der Waals surface area contributed by atoms with Crippen molar-refractivity contribution in [3.05, 3.63) is 45.2 Å². The van der Waals surface area contributed by atoms with Gasteiger partial charge in [0.15, 0.2) is 0 Å². The molecule has 1 N–H and O–H groups in total. The van der Waals surface area contributed by atoms with E-state index in [1.54, 1.807) is 0 Å². The zero-order chi connectivity index (χ0) is 13.1. The molecule has 96 valence electrons. The Hall–Kier alpha value is -0.640. The summed E-state index contributed by atoms with van der Waals surface area (Å²) in [4.78, 5) is 2.74. The van der Waals surface area contributed by atoms with Crippen LogP contribution in [0.4, 0.5) is 0 Å². The van der Waals surface area contributed by atoms with Gasteiger partial charge in [0.25, 0.3) is 0 Å². The predicted octanol–water partition coefficient (Wildman–Crippen LogP) is 4.98.